The van der Waals surface area contributed by atoms with E-state index in [9.17, 15) is 19.5 Å². The molecule has 1 aromatic rings. The highest BCUT2D eigenvalue weighted by molar-refractivity contribution is 7.15. The Balaban J connectivity index is 2.59. The molecular formula is C24H34N2O4S. The maximum Gasteiger partial charge on any atom is 0.348 e. The van der Waals surface area contributed by atoms with Crippen LogP contribution in [-0.4, -0.2) is 47.9 Å². The van der Waals surface area contributed by atoms with Crippen LogP contribution in [0.3, 0.4) is 0 Å². The van der Waals surface area contributed by atoms with Crippen LogP contribution in [0.2, 0.25) is 0 Å². The molecule has 1 atom stereocenters. The number of amides is 2. The summed E-state index contributed by atoms with van der Waals surface area (Å²) in [6.07, 6.45) is 3.84. The van der Waals surface area contributed by atoms with E-state index in [4.69, 9.17) is 0 Å². The lowest BCUT2D eigenvalue weighted by atomic mass is 9.82. The van der Waals surface area contributed by atoms with Gasteiger partial charge in [-0.2, -0.15) is 0 Å². The first-order valence-corrected chi connectivity index (χ1v) is 11.8. The highest BCUT2D eigenvalue weighted by Crippen LogP contribution is 2.36. The van der Waals surface area contributed by atoms with Crippen molar-refractivity contribution in [3.05, 3.63) is 15.8 Å². The molecule has 31 heavy (non-hydrogen) atoms. The van der Waals surface area contributed by atoms with Crippen molar-refractivity contribution in [3.8, 4) is 11.8 Å². The van der Waals surface area contributed by atoms with Gasteiger partial charge in [-0.15, -0.1) is 11.3 Å². The van der Waals surface area contributed by atoms with Gasteiger partial charge < -0.3 is 10.0 Å². The van der Waals surface area contributed by atoms with Crippen molar-refractivity contribution in [2.45, 2.75) is 65.8 Å². The Morgan fingerprint density at radius 1 is 1.19 bits per heavy atom. The number of carbonyl (C=O) groups is 3. The van der Waals surface area contributed by atoms with Crippen LogP contribution < -0.4 is 4.90 Å². The minimum Gasteiger partial charge on any atom is -0.477 e. The van der Waals surface area contributed by atoms with Crippen LogP contribution in [0.5, 0.6) is 0 Å². The number of hydrogen-bond acceptors (Lipinski definition) is 4. The summed E-state index contributed by atoms with van der Waals surface area (Å²) in [6.45, 7) is 7.95. The predicted octanol–water partition coefficient (Wildman–Crippen LogP) is 4.48. The molecular weight excluding hydrogens is 412 g/mol. The van der Waals surface area contributed by atoms with E-state index >= 15 is 0 Å². The SMILES string of the molecule is CC[C@@H](C(=O)N(C)C)N(C(=O)C1CCC(C)CC1)c1cc(C#CC(C)C)sc1C(=O)O. The molecule has 6 nitrogen and oxygen atoms in total. The van der Waals surface area contributed by atoms with Gasteiger partial charge in [-0.05, 0) is 44.1 Å². The van der Waals surface area contributed by atoms with Crippen LogP contribution in [0.1, 0.15) is 74.3 Å². The number of anilines is 1. The van der Waals surface area contributed by atoms with Gasteiger partial charge in [0.2, 0.25) is 11.8 Å². The molecule has 1 aliphatic rings. The van der Waals surface area contributed by atoms with Crippen LogP contribution >= 0.6 is 11.3 Å². The van der Waals surface area contributed by atoms with Crippen molar-refractivity contribution in [1.82, 2.24) is 4.90 Å². The van der Waals surface area contributed by atoms with E-state index in [1.165, 1.54) is 9.80 Å². The Hall–Kier alpha value is -2.33. The monoisotopic (exact) mass is 446 g/mol. The van der Waals surface area contributed by atoms with E-state index in [0.29, 0.717) is 17.2 Å². The van der Waals surface area contributed by atoms with Gasteiger partial charge in [0, 0.05) is 25.9 Å². The molecule has 0 unspecified atom stereocenters. The van der Waals surface area contributed by atoms with Gasteiger partial charge >= 0.3 is 5.97 Å². The molecule has 7 heteroatoms. The zero-order valence-corrected chi connectivity index (χ0v) is 20.2. The fourth-order valence-corrected chi connectivity index (χ4v) is 4.75. The van der Waals surface area contributed by atoms with Gasteiger partial charge in [0.25, 0.3) is 0 Å². The molecule has 1 N–H and O–H groups in total. The number of likely N-dealkylation sites (N-methyl/N-ethyl adjacent to an activating group) is 1. The molecule has 2 rings (SSSR count). The molecule has 0 radical (unpaired) electrons. The van der Waals surface area contributed by atoms with Crippen molar-refractivity contribution in [2.75, 3.05) is 19.0 Å². The van der Waals surface area contributed by atoms with Gasteiger partial charge in [0.05, 0.1) is 10.6 Å². The Morgan fingerprint density at radius 2 is 1.81 bits per heavy atom. The zero-order valence-electron chi connectivity index (χ0n) is 19.4. The fourth-order valence-electron chi connectivity index (χ4n) is 3.90. The summed E-state index contributed by atoms with van der Waals surface area (Å²) < 4.78 is 0. The number of rotatable bonds is 6. The highest BCUT2D eigenvalue weighted by atomic mass is 32.1. The normalized spacial score (nSPS) is 19.3. The molecule has 1 saturated carbocycles. The van der Waals surface area contributed by atoms with Gasteiger partial charge in [0.15, 0.2) is 0 Å². The third-order valence-corrected chi connectivity index (χ3v) is 6.70. The minimum absolute atomic E-state index is 0.0515. The molecule has 1 fully saturated rings. The smallest absolute Gasteiger partial charge is 0.348 e. The van der Waals surface area contributed by atoms with Gasteiger partial charge in [-0.3, -0.25) is 14.5 Å². The third-order valence-electron chi connectivity index (χ3n) is 5.68. The summed E-state index contributed by atoms with van der Waals surface area (Å²) in [5.74, 6) is 5.11. The van der Waals surface area contributed by atoms with Crippen LogP contribution in [0, 0.1) is 29.6 Å². The Kier molecular flexibility index (Phi) is 8.69. The first-order chi connectivity index (χ1) is 14.6. The number of nitrogens with zero attached hydrogens (tertiary/aromatic N) is 2. The summed E-state index contributed by atoms with van der Waals surface area (Å²) in [5.41, 5.74) is 0.288. The average Bonchev–Trinajstić information content (AvgIpc) is 3.14. The molecule has 1 aliphatic carbocycles. The largest absolute Gasteiger partial charge is 0.477 e. The second-order valence-electron chi connectivity index (χ2n) is 8.88. The molecule has 1 heterocycles. The number of carbonyl (C=O) groups excluding carboxylic acids is 2. The minimum atomic E-state index is -1.11. The molecule has 0 aromatic carbocycles. The number of hydrogen-bond donors (Lipinski definition) is 1. The van der Waals surface area contributed by atoms with Crippen molar-refractivity contribution in [2.24, 2.45) is 17.8 Å². The predicted molar refractivity (Wildman–Crippen MR) is 124 cm³/mol. The summed E-state index contributed by atoms with van der Waals surface area (Å²) in [6, 6.07) is 0.916. The second-order valence-corrected chi connectivity index (χ2v) is 9.93. The van der Waals surface area contributed by atoms with Crippen molar-refractivity contribution in [3.63, 3.8) is 0 Å². The molecule has 2 amide bonds. The van der Waals surface area contributed by atoms with Crippen LogP contribution in [-0.2, 0) is 9.59 Å². The number of carboxylic acids is 1. The molecule has 1 aromatic heterocycles. The second kappa shape index (κ2) is 10.8. The topological polar surface area (TPSA) is 77.9 Å². The number of thiophene rings is 1. The first-order valence-electron chi connectivity index (χ1n) is 11.0. The van der Waals surface area contributed by atoms with Gasteiger partial charge in [-0.1, -0.05) is 39.5 Å². The van der Waals surface area contributed by atoms with E-state index < -0.39 is 12.0 Å². The van der Waals surface area contributed by atoms with Crippen LogP contribution in [0.4, 0.5) is 5.69 Å². The van der Waals surface area contributed by atoms with E-state index in [2.05, 4.69) is 18.8 Å². The maximum absolute atomic E-state index is 13.7. The quantitative estimate of drug-likeness (QED) is 0.654. The van der Waals surface area contributed by atoms with Crippen LogP contribution in [0.15, 0.2) is 6.07 Å². The lowest BCUT2D eigenvalue weighted by molar-refractivity contribution is -0.133. The highest BCUT2D eigenvalue weighted by Gasteiger charge is 2.38. The molecule has 0 spiro atoms. The van der Waals surface area contributed by atoms with Crippen LogP contribution in [0.25, 0.3) is 0 Å². The summed E-state index contributed by atoms with van der Waals surface area (Å²) in [7, 11) is 3.31. The standard InChI is InChI=1S/C24H34N2O4S/c1-7-19(23(28)25(5)6)26(22(27)17-11-9-16(4)10-12-17)20-14-18(13-8-15(2)3)31-21(20)24(29)30/h14-17,19H,7,9-12H2,1-6H3,(H,29,30)/t16?,17?,19-/m0/s1. The van der Waals surface area contributed by atoms with E-state index in [1.807, 2.05) is 20.8 Å². The van der Waals surface area contributed by atoms with Crippen molar-refractivity contribution in [1.29, 1.82) is 0 Å². The Morgan fingerprint density at radius 3 is 2.29 bits per heavy atom. The van der Waals surface area contributed by atoms with Crippen molar-refractivity contribution >= 4 is 34.8 Å². The Bertz CT molecular complexity index is 870. The number of aromatic carboxylic acids is 1. The van der Waals surface area contributed by atoms with E-state index in [0.717, 1.165) is 37.0 Å². The molecule has 0 saturated heterocycles. The van der Waals surface area contributed by atoms with E-state index in [1.54, 1.807) is 20.2 Å². The van der Waals surface area contributed by atoms with Gasteiger partial charge in [-0.25, -0.2) is 4.79 Å². The molecule has 170 valence electrons. The number of carboxylic acid groups (broad SMARTS) is 1. The van der Waals surface area contributed by atoms with Crippen molar-refractivity contribution < 1.29 is 19.5 Å². The first kappa shape index (κ1) is 24.9. The third kappa shape index (κ3) is 6.10. The lowest BCUT2D eigenvalue weighted by Gasteiger charge is -2.36. The average molecular weight is 447 g/mol. The maximum atomic E-state index is 13.7. The summed E-state index contributed by atoms with van der Waals surface area (Å²) >= 11 is 1.06. The Labute approximate surface area is 189 Å². The zero-order chi connectivity index (χ0) is 23.3. The molecule has 0 aliphatic heterocycles. The summed E-state index contributed by atoms with van der Waals surface area (Å²) in [5, 5.41) is 9.86. The van der Waals surface area contributed by atoms with Gasteiger partial charge in [0.1, 0.15) is 10.9 Å². The summed E-state index contributed by atoms with van der Waals surface area (Å²) in [4.78, 5) is 42.3. The molecule has 0 bridgehead atoms. The fraction of sp³-hybridized carbons (Fsp3) is 0.625. The van der Waals surface area contributed by atoms with E-state index in [-0.39, 0.29) is 34.2 Å². The lowest BCUT2D eigenvalue weighted by Crippen LogP contribution is -2.51.